The van der Waals surface area contributed by atoms with E-state index in [1.165, 1.54) is 10.4 Å². The zero-order chi connectivity index (χ0) is 13.0. The maximum atomic E-state index is 5.98. The molecule has 18 heavy (non-hydrogen) atoms. The Hall–Kier alpha value is -0.550. The zero-order valence-corrected chi connectivity index (χ0v) is 12.5. The number of ether oxygens (including phenoxy) is 1. The normalized spacial score (nSPS) is 10.8. The highest BCUT2D eigenvalue weighted by Gasteiger charge is 2.10. The van der Waals surface area contributed by atoms with Gasteiger partial charge in [-0.3, -0.25) is 0 Å². The fourth-order valence-corrected chi connectivity index (χ4v) is 3.26. The SMILES string of the molecule is COCc1nc(Cc2cccc(Cl)c2)sc1CS. The van der Waals surface area contributed by atoms with Crippen LogP contribution in [-0.2, 0) is 23.5 Å². The van der Waals surface area contributed by atoms with E-state index in [9.17, 15) is 0 Å². The molecule has 2 rings (SSSR count). The topological polar surface area (TPSA) is 22.1 Å². The Kier molecular flexibility index (Phi) is 5.06. The second-order valence-corrected chi connectivity index (χ2v) is 5.80. The maximum Gasteiger partial charge on any atom is 0.0976 e. The molecule has 0 spiro atoms. The molecule has 0 fully saturated rings. The third-order valence-corrected chi connectivity index (χ3v) is 4.35. The van der Waals surface area contributed by atoms with Gasteiger partial charge in [-0.2, -0.15) is 12.6 Å². The van der Waals surface area contributed by atoms with Crippen molar-refractivity contribution in [3.63, 3.8) is 0 Å². The van der Waals surface area contributed by atoms with E-state index >= 15 is 0 Å². The molecule has 96 valence electrons. The van der Waals surface area contributed by atoms with Crippen molar-refractivity contribution in [3.05, 3.63) is 50.4 Å². The molecule has 0 aliphatic rings. The van der Waals surface area contributed by atoms with Crippen molar-refractivity contribution in [2.75, 3.05) is 7.11 Å². The molecular weight excluding hydrogens is 286 g/mol. The zero-order valence-electron chi connectivity index (χ0n) is 10.0. The lowest BCUT2D eigenvalue weighted by Gasteiger charge is -1.98. The van der Waals surface area contributed by atoms with E-state index in [-0.39, 0.29) is 0 Å². The lowest BCUT2D eigenvalue weighted by Crippen LogP contribution is -1.93. The van der Waals surface area contributed by atoms with Gasteiger partial charge in [0.1, 0.15) is 0 Å². The van der Waals surface area contributed by atoms with Crippen LogP contribution >= 0.6 is 35.6 Å². The molecule has 0 amide bonds. The van der Waals surface area contributed by atoms with Gasteiger partial charge < -0.3 is 4.74 Å². The minimum Gasteiger partial charge on any atom is -0.378 e. The number of hydrogen-bond acceptors (Lipinski definition) is 4. The fraction of sp³-hybridized carbons (Fsp3) is 0.308. The number of rotatable bonds is 5. The van der Waals surface area contributed by atoms with E-state index in [4.69, 9.17) is 16.3 Å². The molecule has 0 atom stereocenters. The molecule has 0 radical (unpaired) electrons. The summed E-state index contributed by atoms with van der Waals surface area (Å²) < 4.78 is 5.14. The molecule has 1 aromatic carbocycles. The van der Waals surface area contributed by atoms with Crippen LogP contribution in [0.1, 0.15) is 21.1 Å². The highest BCUT2D eigenvalue weighted by Crippen LogP contribution is 2.24. The van der Waals surface area contributed by atoms with Crippen LogP contribution in [0.25, 0.3) is 0 Å². The Bertz CT molecular complexity index is 527. The number of nitrogens with zero attached hydrogens (tertiary/aromatic N) is 1. The monoisotopic (exact) mass is 299 g/mol. The Morgan fingerprint density at radius 3 is 2.94 bits per heavy atom. The Morgan fingerprint density at radius 1 is 1.44 bits per heavy atom. The van der Waals surface area contributed by atoms with Crippen LogP contribution in [0.5, 0.6) is 0 Å². The molecule has 2 aromatic rings. The third-order valence-electron chi connectivity index (χ3n) is 2.49. The molecule has 1 heterocycles. The summed E-state index contributed by atoms with van der Waals surface area (Å²) in [7, 11) is 1.68. The van der Waals surface area contributed by atoms with Gasteiger partial charge in [0.15, 0.2) is 0 Å². The van der Waals surface area contributed by atoms with Gasteiger partial charge in [-0.25, -0.2) is 4.98 Å². The molecule has 0 aliphatic heterocycles. The highest BCUT2D eigenvalue weighted by atomic mass is 35.5. The average Bonchev–Trinajstić information content (AvgIpc) is 2.72. The van der Waals surface area contributed by atoms with Crippen LogP contribution in [0, 0.1) is 0 Å². The molecule has 5 heteroatoms. The first-order chi connectivity index (χ1) is 8.72. The first kappa shape index (κ1) is 13.9. The van der Waals surface area contributed by atoms with Gasteiger partial charge in [0.05, 0.1) is 17.3 Å². The van der Waals surface area contributed by atoms with Crippen LogP contribution in [-0.4, -0.2) is 12.1 Å². The van der Waals surface area contributed by atoms with Crippen molar-refractivity contribution in [2.45, 2.75) is 18.8 Å². The number of aromatic nitrogens is 1. The Morgan fingerprint density at radius 2 is 2.28 bits per heavy atom. The molecule has 0 saturated heterocycles. The van der Waals surface area contributed by atoms with Crippen LogP contribution in [0.2, 0.25) is 5.02 Å². The molecular formula is C13H14ClNOS2. The van der Waals surface area contributed by atoms with Crippen LogP contribution < -0.4 is 0 Å². The van der Waals surface area contributed by atoms with E-state index in [0.29, 0.717) is 12.4 Å². The summed E-state index contributed by atoms with van der Waals surface area (Å²) in [6.07, 6.45) is 0.801. The quantitative estimate of drug-likeness (QED) is 0.844. The lowest BCUT2D eigenvalue weighted by molar-refractivity contribution is 0.181. The van der Waals surface area contributed by atoms with E-state index in [1.807, 2.05) is 18.2 Å². The number of thiol groups is 1. The predicted molar refractivity (Wildman–Crippen MR) is 79.8 cm³/mol. The largest absolute Gasteiger partial charge is 0.378 e. The number of halogens is 1. The van der Waals surface area contributed by atoms with Crippen molar-refractivity contribution in [2.24, 2.45) is 0 Å². The van der Waals surface area contributed by atoms with Crippen molar-refractivity contribution < 1.29 is 4.74 Å². The fourth-order valence-electron chi connectivity index (χ4n) is 1.71. The van der Waals surface area contributed by atoms with Crippen molar-refractivity contribution in [3.8, 4) is 0 Å². The first-order valence-corrected chi connectivity index (χ1v) is 7.37. The van der Waals surface area contributed by atoms with E-state index < -0.39 is 0 Å². The summed E-state index contributed by atoms with van der Waals surface area (Å²) in [6, 6.07) is 7.87. The summed E-state index contributed by atoms with van der Waals surface area (Å²) in [5, 5.41) is 1.84. The minimum absolute atomic E-state index is 0.544. The second-order valence-electron chi connectivity index (χ2n) is 3.88. The van der Waals surface area contributed by atoms with Crippen molar-refractivity contribution in [1.82, 2.24) is 4.98 Å². The van der Waals surface area contributed by atoms with Gasteiger partial charge >= 0.3 is 0 Å². The number of benzene rings is 1. The van der Waals surface area contributed by atoms with Crippen molar-refractivity contribution in [1.29, 1.82) is 0 Å². The molecule has 0 unspecified atom stereocenters. The van der Waals surface area contributed by atoms with Crippen molar-refractivity contribution >= 4 is 35.6 Å². The first-order valence-electron chi connectivity index (χ1n) is 5.54. The Balaban J connectivity index is 2.19. The van der Waals surface area contributed by atoms with Gasteiger partial charge in [-0.15, -0.1) is 11.3 Å². The third kappa shape index (κ3) is 3.48. The van der Waals surface area contributed by atoms with E-state index in [2.05, 4.69) is 23.7 Å². The number of methoxy groups -OCH3 is 1. The lowest BCUT2D eigenvalue weighted by atomic mass is 10.2. The molecule has 2 nitrogen and oxygen atoms in total. The summed E-state index contributed by atoms with van der Waals surface area (Å²) in [4.78, 5) is 5.78. The molecule has 0 bridgehead atoms. The number of thiazole rings is 1. The maximum absolute atomic E-state index is 5.98. The van der Waals surface area contributed by atoms with Gasteiger partial charge in [0.25, 0.3) is 0 Å². The summed E-state index contributed by atoms with van der Waals surface area (Å²) in [6.45, 7) is 0.544. The van der Waals surface area contributed by atoms with Gasteiger partial charge in [-0.1, -0.05) is 23.7 Å². The Labute approximate surface area is 121 Å². The summed E-state index contributed by atoms with van der Waals surface area (Å²) in [5.74, 6) is 0.700. The second kappa shape index (κ2) is 6.57. The average molecular weight is 300 g/mol. The highest BCUT2D eigenvalue weighted by molar-refractivity contribution is 7.79. The van der Waals surface area contributed by atoms with Crippen LogP contribution in [0.4, 0.5) is 0 Å². The van der Waals surface area contributed by atoms with Crippen LogP contribution in [0.15, 0.2) is 24.3 Å². The van der Waals surface area contributed by atoms with Gasteiger partial charge in [0, 0.05) is 29.2 Å². The molecule has 0 aliphatic carbocycles. The van der Waals surface area contributed by atoms with Crippen LogP contribution in [0.3, 0.4) is 0 Å². The molecule has 0 saturated carbocycles. The predicted octanol–water partition coefficient (Wildman–Crippen LogP) is 3.96. The molecule has 1 aromatic heterocycles. The number of hydrogen-bond donors (Lipinski definition) is 1. The standard InChI is InChI=1S/C13H14ClNOS2/c1-16-7-11-12(8-17)18-13(15-11)6-9-3-2-4-10(14)5-9/h2-5,17H,6-8H2,1H3. The van der Waals surface area contributed by atoms with E-state index in [0.717, 1.165) is 22.1 Å². The summed E-state index contributed by atoms with van der Waals surface area (Å²) >= 11 is 12.0. The smallest absolute Gasteiger partial charge is 0.0976 e. The minimum atomic E-state index is 0.544. The molecule has 0 N–H and O–H groups in total. The van der Waals surface area contributed by atoms with E-state index in [1.54, 1.807) is 18.4 Å². The van der Waals surface area contributed by atoms with Gasteiger partial charge in [0.2, 0.25) is 0 Å². The summed E-state index contributed by atoms with van der Waals surface area (Å²) in [5.41, 5.74) is 2.17. The van der Waals surface area contributed by atoms with Gasteiger partial charge in [-0.05, 0) is 17.7 Å².